The molecule has 1 heterocycles. The molecule has 0 aromatic carbocycles. The van der Waals surface area contributed by atoms with Crippen LogP contribution in [0.2, 0.25) is 0 Å². The quantitative estimate of drug-likeness (QED) is 0.642. The third kappa shape index (κ3) is 2.15. The molecule has 58 valence electrons. The summed E-state index contributed by atoms with van der Waals surface area (Å²) in [7, 11) is 0. The lowest BCUT2D eigenvalue weighted by molar-refractivity contribution is 1.09. The maximum absolute atomic E-state index is 4.07. The summed E-state index contributed by atoms with van der Waals surface area (Å²) in [6, 6.07) is 0. The minimum Gasteiger partial charge on any atom is -0.244 e. The molecule has 0 spiro atoms. The zero-order valence-electron chi connectivity index (χ0n) is 6.91. The summed E-state index contributed by atoms with van der Waals surface area (Å²) in [5.74, 6) is 0. The Kier molecular flexibility index (Phi) is 2.78. The van der Waals surface area contributed by atoms with Crippen LogP contribution >= 0.6 is 0 Å². The third-order valence-corrected chi connectivity index (χ3v) is 1.48. The molecule has 1 aromatic heterocycles. The standard InChI is InChI=1S/C9H12N2/c1-3-4-5-9-6-10-7-11-8(9)2/h4-7H,3H2,1-2H3/b5-4+. The van der Waals surface area contributed by atoms with Crippen LogP contribution in [-0.4, -0.2) is 9.97 Å². The van der Waals surface area contributed by atoms with E-state index in [1.54, 1.807) is 6.33 Å². The van der Waals surface area contributed by atoms with Crippen molar-refractivity contribution < 1.29 is 0 Å². The Morgan fingerprint density at radius 1 is 1.55 bits per heavy atom. The molecule has 11 heavy (non-hydrogen) atoms. The van der Waals surface area contributed by atoms with E-state index < -0.39 is 0 Å². The van der Waals surface area contributed by atoms with E-state index >= 15 is 0 Å². The molecule has 0 atom stereocenters. The lowest BCUT2D eigenvalue weighted by Crippen LogP contribution is -1.86. The number of hydrogen-bond acceptors (Lipinski definition) is 2. The molecule has 2 nitrogen and oxygen atoms in total. The van der Waals surface area contributed by atoms with E-state index in [0.29, 0.717) is 0 Å². The molecule has 0 radical (unpaired) electrons. The molecule has 0 saturated carbocycles. The second-order valence-corrected chi connectivity index (χ2v) is 2.37. The Balaban J connectivity index is 2.86. The molecule has 0 fully saturated rings. The first kappa shape index (κ1) is 7.92. The summed E-state index contributed by atoms with van der Waals surface area (Å²) in [4.78, 5) is 8.01. The summed E-state index contributed by atoms with van der Waals surface area (Å²) < 4.78 is 0. The van der Waals surface area contributed by atoms with Gasteiger partial charge in [-0.3, -0.25) is 0 Å². The van der Waals surface area contributed by atoms with E-state index in [0.717, 1.165) is 17.7 Å². The normalized spacial score (nSPS) is 10.7. The van der Waals surface area contributed by atoms with Gasteiger partial charge in [-0.2, -0.15) is 0 Å². The summed E-state index contributed by atoms with van der Waals surface area (Å²) >= 11 is 0. The van der Waals surface area contributed by atoms with Gasteiger partial charge in [0.2, 0.25) is 0 Å². The van der Waals surface area contributed by atoms with Crippen LogP contribution < -0.4 is 0 Å². The van der Waals surface area contributed by atoms with Crippen molar-refractivity contribution in [1.29, 1.82) is 0 Å². The fourth-order valence-corrected chi connectivity index (χ4v) is 0.810. The van der Waals surface area contributed by atoms with Crippen LogP contribution in [0.4, 0.5) is 0 Å². The average molecular weight is 148 g/mol. The van der Waals surface area contributed by atoms with Gasteiger partial charge < -0.3 is 0 Å². The first-order chi connectivity index (χ1) is 5.34. The minimum absolute atomic E-state index is 1.03. The van der Waals surface area contributed by atoms with Crippen LogP contribution in [0.25, 0.3) is 6.08 Å². The van der Waals surface area contributed by atoms with Crippen molar-refractivity contribution in [3.8, 4) is 0 Å². The second-order valence-electron chi connectivity index (χ2n) is 2.37. The molecule has 0 bridgehead atoms. The lowest BCUT2D eigenvalue weighted by atomic mass is 10.2. The maximum Gasteiger partial charge on any atom is 0.115 e. The van der Waals surface area contributed by atoms with E-state index in [9.17, 15) is 0 Å². The van der Waals surface area contributed by atoms with Gasteiger partial charge in [0.05, 0.1) is 0 Å². The first-order valence-corrected chi connectivity index (χ1v) is 3.77. The van der Waals surface area contributed by atoms with Gasteiger partial charge in [0, 0.05) is 17.5 Å². The number of hydrogen-bond donors (Lipinski definition) is 0. The predicted molar refractivity (Wildman–Crippen MR) is 46.1 cm³/mol. The van der Waals surface area contributed by atoms with Crippen LogP contribution in [0.3, 0.4) is 0 Å². The number of nitrogens with zero attached hydrogens (tertiary/aromatic N) is 2. The fourth-order valence-electron chi connectivity index (χ4n) is 0.810. The highest BCUT2D eigenvalue weighted by Gasteiger charge is 1.91. The van der Waals surface area contributed by atoms with Crippen molar-refractivity contribution in [1.82, 2.24) is 9.97 Å². The topological polar surface area (TPSA) is 25.8 Å². The van der Waals surface area contributed by atoms with Crippen molar-refractivity contribution in [3.63, 3.8) is 0 Å². The molecule has 2 heteroatoms. The molecule has 0 aliphatic heterocycles. The van der Waals surface area contributed by atoms with E-state index in [1.165, 1.54) is 0 Å². The van der Waals surface area contributed by atoms with Gasteiger partial charge in [0.25, 0.3) is 0 Å². The SMILES string of the molecule is CC/C=C/c1cncnc1C. The highest BCUT2D eigenvalue weighted by molar-refractivity contribution is 5.49. The third-order valence-electron chi connectivity index (χ3n) is 1.48. The molecular formula is C9H12N2. The van der Waals surface area contributed by atoms with Crippen LogP contribution in [0.5, 0.6) is 0 Å². The van der Waals surface area contributed by atoms with E-state index in [-0.39, 0.29) is 0 Å². The van der Waals surface area contributed by atoms with Gasteiger partial charge in [0.15, 0.2) is 0 Å². The molecule has 0 N–H and O–H groups in total. The number of rotatable bonds is 2. The van der Waals surface area contributed by atoms with Crippen LogP contribution in [0, 0.1) is 6.92 Å². The number of allylic oxidation sites excluding steroid dienone is 1. The predicted octanol–water partition coefficient (Wildman–Crippen LogP) is 2.21. The Bertz CT molecular complexity index is 253. The minimum atomic E-state index is 1.03. The molecule has 1 rings (SSSR count). The van der Waals surface area contributed by atoms with E-state index in [1.807, 2.05) is 13.1 Å². The monoisotopic (exact) mass is 148 g/mol. The average Bonchev–Trinajstić information content (AvgIpc) is 2.03. The Labute approximate surface area is 67.0 Å². The smallest absolute Gasteiger partial charge is 0.115 e. The van der Waals surface area contributed by atoms with Crippen molar-refractivity contribution in [2.45, 2.75) is 20.3 Å². The first-order valence-electron chi connectivity index (χ1n) is 3.77. The Hall–Kier alpha value is -1.18. The van der Waals surface area contributed by atoms with Gasteiger partial charge in [-0.1, -0.05) is 19.1 Å². The van der Waals surface area contributed by atoms with Crippen molar-refractivity contribution in [2.75, 3.05) is 0 Å². The van der Waals surface area contributed by atoms with Gasteiger partial charge in [-0.15, -0.1) is 0 Å². The van der Waals surface area contributed by atoms with Gasteiger partial charge in [0.1, 0.15) is 6.33 Å². The maximum atomic E-state index is 4.07. The lowest BCUT2D eigenvalue weighted by Gasteiger charge is -1.94. The molecule has 0 aliphatic rings. The van der Waals surface area contributed by atoms with Crippen LogP contribution in [0.1, 0.15) is 24.6 Å². The molecule has 1 aromatic rings. The summed E-state index contributed by atoms with van der Waals surface area (Å²) in [5, 5.41) is 0. The fraction of sp³-hybridized carbons (Fsp3) is 0.333. The van der Waals surface area contributed by atoms with Crippen molar-refractivity contribution >= 4 is 6.08 Å². The van der Waals surface area contributed by atoms with Crippen LogP contribution in [0.15, 0.2) is 18.6 Å². The zero-order chi connectivity index (χ0) is 8.10. The highest BCUT2D eigenvalue weighted by atomic mass is 14.8. The largest absolute Gasteiger partial charge is 0.244 e. The summed E-state index contributed by atoms with van der Waals surface area (Å²) in [6.07, 6.45) is 8.60. The van der Waals surface area contributed by atoms with Gasteiger partial charge in [-0.25, -0.2) is 9.97 Å². The van der Waals surface area contributed by atoms with Gasteiger partial charge >= 0.3 is 0 Å². The molecule has 0 saturated heterocycles. The van der Waals surface area contributed by atoms with Crippen molar-refractivity contribution in [2.24, 2.45) is 0 Å². The Morgan fingerprint density at radius 3 is 3.00 bits per heavy atom. The molecule has 0 unspecified atom stereocenters. The van der Waals surface area contributed by atoms with E-state index in [4.69, 9.17) is 0 Å². The molecule has 0 amide bonds. The van der Waals surface area contributed by atoms with Gasteiger partial charge in [-0.05, 0) is 13.3 Å². The summed E-state index contributed by atoms with van der Waals surface area (Å²) in [5.41, 5.74) is 2.14. The van der Waals surface area contributed by atoms with Crippen molar-refractivity contribution in [3.05, 3.63) is 29.9 Å². The Morgan fingerprint density at radius 2 is 2.36 bits per heavy atom. The van der Waals surface area contributed by atoms with E-state index in [2.05, 4.69) is 29.0 Å². The molecular weight excluding hydrogens is 136 g/mol. The summed E-state index contributed by atoms with van der Waals surface area (Å²) in [6.45, 7) is 4.09. The second kappa shape index (κ2) is 3.86. The van der Waals surface area contributed by atoms with Crippen LogP contribution in [-0.2, 0) is 0 Å². The number of aryl methyl sites for hydroxylation is 1. The molecule has 0 aliphatic carbocycles. The highest BCUT2D eigenvalue weighted by Crippen LogP contribution is 2.03. The zero-order valence-corrected chi connectivity index (χ0v) is 6.91. The number of aromatic nitrogens is 2.